The number of aromatic nitrogens is 1. The lowest BCUT2D eigenvalue weighted by Crippen LogP contribution is -2.35. The topological polar surface area (TPSA) is 57.5 Å². The maximum Gasteiger partial charge on any atom is 0.220 e. The lowest BCUT2D eigenvalue weighted by molar-refractivity contribution is -0.121. The molecule has 1 fully saturated rings. The van der Waals surface area contributed by atoms with Gasteiger partial charge in [0.2, 0.25) is 5.91 Å². The third-order valence-electron chi connectivity index (χ3n) is 6.42. The molecule has 170 valence electrons. The molecule has 0 spiro atoms. The van der Waals surface area contributed by atoms with Crippen molar-refractivity contribution in [3.05, 3.63) is 71.7 Å². The first-order chi connectivity index (χ1) is 15.6. The fraction of sp³-hybridized carbons (Fsp3) is 0.423. The maximum absolute atomic E-state index is 13.1. The number of nitrogens with one attached hydrogen (secondary N) is 1. The molecule has 1 aliphatic heterocycles. The van der Waals surface area contributed by atoms with Gasteiger partial charge in [-0.05, 0) is 66.5 Å². The van der Waals surface area contributed by atoms with Gasteiger partial charge >= 0.3 is 0 Å². The van der Waals surface area contributed by atoms with Crippen molar-refractivity contribution in [2.75, 3.05) is 26.2 Å². The van der Waals surface area contributed by atoms with E-state index in [-0.39, 0.29) is 18.3 Å². The van der Waals surface area contributed by atoms with Gasteiger partial charge in [0.25, 0.3) is 0 Å². The molecule has 0 aliphatic carbocycles. The molecule has 0 radical (unpaired) electrons. The summed E-state index contributed by atoms with van der Waals surface area (Å²) in [5.74, 6) is -0.205. The molecule has 2 aromatic carbocycles. The van der Waals surface area contributed by atoms with Crippen LogP contribution in [0.4, 0.5) is 4.39 Å². The molecule has 1 saturated heterocycles. The SMILES string of the molecule is O=C(CCCO)NCc1ccc2ccn(C3CCN(CCc4ccc(F)cc4)CC3)c2c1. The Morgan fingerprint density at radius 1 is 1.06 bits per heavy atom. The Balaban J connectivity index is 1.32. The molecule has 6 heteroatoms. The van der Waals surface area contributed by atoms with E-state index in [1.54, 1.807) is 0 Å². The minimum Gasteiger partial charge on any atom is -0.396 e. The van der Waals surface area contributed by atoms with Gasteiger partial charge in [0, 0.05) is 57.0 Å². The number of hydrogen-bond donors (Lipinski definition) is 2. The summed E-state index contributed by atoms with van der Waals surface area (Å²) in [6.07, 6.45) is 6.20. The van der Waals surface area contributed by atoms with Crippen LogP contribution in [0.2, 0.25) is 0 Å². The summed E-state index contributed by atoms with van der Waals surface area (Å²) in [7, 11) is 0. The minimum absolute atomic E-state index is 0.0254. The Bertz CT molecular complexity index is 1020. The predicted molar refractivity (Wildman–Crippen MR) is 125 cm³/mol. The Kier molecular flexibility index (Phi) is 7.55. The number of carbonyl (C=O) groups is 1. The predicted octanol–water partition coefficient (Wildman–Crippen LogP) is 4.05. The number of likely N-dealkylation sites (tertiary alicyclic amines) is 1. The average Bonchev–Trinajstić information content (AvgIpc) is 3.24. The van der Waals surface area contributed by atoms with E-state index in [1.807, 2.05) is 12.1 Å². The van der Waals surface area contributed by atoms with Gasteiger partial charge in [-0.15, -0.1) is 0 Å². The fourth-order valence-corrected chi connectivity index (χ4v) is 4.51. The van der Waals surface area contributed by atoms with Crippen molar-refractivity contribution in [3.8, 4) is 0 Å². The van der Waals surface area contributed by atoms with Crippen LogP contribution in [-0.2, 0) is 17.8 Å². The first-order valence-corrected chi connectivity index (χ1v) is 11.6. The number of nitrogens with zero attached hydrogens (tertiary/aromatic N) is 2. The monoisotopic (exact) mass is 437 g/mol. The lowest BCUT2D eigenvalue weighted by atomic mass is 10.0. The van der Waals surface area contributed by atoms with E-state index in [0.29, 0.717) is 25.4 Å². The van der Waals surface area contributed by atoms with Crippen LogP contribution >= 0.6 is 0 Å². The molecule has 1 amide bonds. The molecular formula is C26H32FN3O2. The summed E-state index contributed by atoms with van der Waals surface area (Å²) in [6, 6.07) is 15.8. The van der Waals surface area contributed by atoms with Crippen molar-refractivity contribution in [3.63, 3.8) is 0 Å². The zero-order valence-electron chi connectivity index (χ0n) is 18.5. The van der Waals surface area contributed by atoms with Crippen LogP contribution in [0, 0.1) is 5.82 Å². The number of aliphatic hydroxyl groups excluding tert-OH is 1. The fourth-order valence-electron chi connectivity index (χ4n) is 4.51. The van der Waals surface area contributed by atoms with Crippen molar-refractivity contribution >= 4 is 16.8 Å². The van der Waals surface area contributed by atoms with Gasteiger partial charge in [-0.2, -0.15) is 0 Å². The molecule has 0 atom stereocenters. The number of carbonyl (C=O) groups excluding carboxylic acids is 1. The van der Waals surface area contributed by atoms with Crippen LogP contribution in [0.15, 0.2) is 54.7 Å². The van der Waals surface area contributed by atoms with E-state index in [2.05, 4.69) is 45.2 Å². The average molecular weight is 438 g/mol. The Morgan fingerprint density at radius 2 is 1.81 bits per heavy atom. The summed E-state index contributed by atoms with van der Waals surface area (Å²) in [6.45, 7) is 3.67. The number of amides is 1. The van der Waals surface area contributed by atoms with Crippen LogP contribution in [0.25, 0.3) is 10.9 Å². The zero-order valence-corrected chi connectivity index (χ0v) is 18.5. The number of aliphatic hydroxyl groups is 1. The van der Waals surface area contributed by atoms with E-state index in [4.69, 9.17) is 5.11 Å². The first kappa shape index (κ1) is 22.5. The number of rotatable bonds is 9. The van der Waals surface area contributed by atoms with Gasteiger partial charge in [-0.25, -0.2) is 4.39 Å². The van der Waals surface area contributed by atoms with Gasteiger partial charge in [0.1, 0.15) is 5.82 Å². The highest BCUT2D eigenvalue weighted by Gasteiger charge is 2.21. The first-order valence-electron chi connectivity index (χ1n) is 11.6. The number of piperidine rings is 1. The molecule has 0 unspecified atom stereocenters. The van der Waals surface area contributed by atoms with Crippen LogP contribution < -0.4 is 5.32 Å². The molecule has 32 heavy (non-hydrogen) atoms. The molecule has 1 aliphatic rings. The molecule has 2 N–H and O–H groups in total. The Labute approximate surface area is 188 Å². The molecule has 1 aromatic heterocycles. The summed E-state index contributed by atoms with van der Waals surface area (Å²) >= 11 is 0. The number of hydrogen-bond acceptors (Lipinski definition) is 3. The number of halogens is 1. The highest BCUT2D eigenvalue weighted by molar-refractivity contribution is 5.81. The van der Waals surface area contributed by atoms with Crippen molar-refractivity contribution < 1.29 is 14.3 Å². The van der Waals surface area contributed by atoms with E-state index in [0.717, 1.165) is 44.5 Å². The maximum atomic E-state index is 13.1. The highest BCUT2D eigenvalue weighted by Crippen LogP contribution is 2.28. The summed E-state index contributed by atoms with van der Waals surface area (Å²) in [5, 5.41) is 13.0. The third-order valence-corrected chi connectivity index (χ3v) is 6.42. The summed E-state index contributed by atoms with van der Waals surface area (Å²) in [5.41, 5.74) is 3.49. The molecular weight excluding hydrogens is 405 g/mol. The standard InChI is InChI=1S/C26H32FN3O2/c27-23-7-4-20(5-8-23)9-13-29-14-11-24(12-15-29)30-16-10-22-6-3-21(18-25(22)30)19-28-26(32)2-1-17-31/h3-8,10,16,18,24,31H,1-2,9,11-15,17,19H2,(H,28,32). The van der Waals surface area contributed by atoms with Crippen LogP contribution in [0.5, 0.6) is 0 Å². The van der Waals surface area contributed by atoms with E-state index in [9.17, 15) is 9.18 Å². The van der Waals surface area contributed by atoms with Gasteiger partial charge in [0.15, 0.2) is 0 Å². The molecule has 0 bridgehead atoms. The zero-order chi connectivity index (χ0) is 22.3. The Morgan fingerprint density at radius 3 is 2.56 bits per heavy atom. The number of benzene rings is 2. The van der Waals surface area contributed by atoms with Gasteiger partial charge in [-0.1, -0.05) is 24.3 Å². The van der Waals surface area contributed by atoms with Crippen LogP contribution in [-0.4, -0.2) is 46.7 Å². The lowest BCUT2D eigenvalue weighted by Gasteiger charge is -2.33. The second-order valence-corrected chi connectivity index (χ2v) is 8.67. The second-order valence-electron chi connectivity index (χ2n) is 8.67. The minimum atomic E-state index is -0.180. The van der Waals surface area contributed by atoms with Crippen LogP contribution in [0.1, 0.15) is 42.9 Å². The van der Waals surface area contributed by atoms with Crippen molar-refractivity contribution in [1.82, 2.24) is 14.8 Å². The normalized spacial score (nSPS) is 15.3. The number of fused-ring (bicyclic) bond motifs is 1. The third kappa shape index (κ3) is 5.75. The van der Waals surface area contributed by atoms with E-state index in [1.165, 1.54) is 28.6 Å². The van der Waals surface area contributed by atoms with Crippen LogP contribution in [0.3, 0.4) is 0 Å². The molecule has 3 aromatic rings. The molecule has 0 saturated carbocycles. The molecule has 5 nitrogen and oxygen atoms in total. The highest BCUT2D eigenvalue weighted by atomic mass is 19.1. The quantitative estimate of drug-likeness (QED) is 0.531. The second kappa shape index (κ2) is 10.7. The molecule has 4 rings (SSSR count). The molecule has 2 heterocycles. The van der Waals surface area contributed by atoms with Crippen molar-refractivity contribution in [1.29, 1.82) is 0 Å². The summed E-state index contributed by atoms with van der Waals surface area (Å²) < 4.78 is 15.5. The smallest absolute Gasteiger partial charge is 0.220 e. The Hall–Kier alpha value is -2.70. The van der Waals surface area contributed by atoms with Gasteiger partial charge < -0.3 is 19.9 Å². The van der Waals surface area contributed by atoms with E-state index < -0.39 is 0 Å². The van der Waals surface area contributed by atoms with Gasteiger partial charge in [0.05, 0.1) is 0 Å². The largest absolute Gasteiger partial charge is 0.396 e. The van der Waals surface area contributed by atoms with Crippen molar-refractivity contribution in [2.24, 2.45) is 0 Å². The van der Waals surface area contributed by atoms with Crippen molar-refractivity contribution in [2.45, 2.75) is 44.7 Å². The summed E-state index contributed by atoms with van der Waals surface area (Å²) in [4.78, 5) is 14.3. The van der Waals surface area contributed by atoms with E-state index >= 15 is 0 Å². The van der Waals surface area contributed by atoms with Gasteiger partial charge in [-0.3, -0.25) is 4.79 Å².